The molecule has 1 aromatic heterocycles. The van der Waals surface area contributed by atoms with Gasteiger partial charge in [-0.05, 0) is 31.4 Å². The molecule has 2 heterocycles. The number of aromatic nitrogens is 1. The molecule has 3 atom stereocenters. The quantitative estimate of drug-likeness (QED) is 0.869. The van der Waals surface area contributed by atoms with E-state index >= 15 is 0 Å². The lowest BCUT2D eigenvalue weighted by atomic mass is 9.88. The van der Waals surface area contributed by atoms with Gasteiger partial charge in [0.25, 0.3) is 0 Å². The van der Waals surface area contributed by atoms with Gasteiger partial charge in [-0.3, -0.25) is 4.98 Å². The molecule has 2 nitrogen and oxygen atoms in total. The summed E-state index contributed by atoms with van der Waals surface area (Å²) in [6.45, 7) is 4.54. The molecule has 0 amide bonds. The Morgan fingerprint density at radius 3 is 2.94 bits per heavy atom. The van der Waals surface area contributed by atoms with Crippen molar-refractivity contribution >= 4 is 10.9 Å². The molecule has 1 aromatic carbocycles. The summed E-state index contributed by atoms with van der Waals surface area (Å²) in [5.74, 6) is 0.601. The summed E-state index contributed by atoms with van der Waals surface area (Å²) >= 11 is 0. The Morgan fingerprint density at radius 2 is 2.11 bits per heavy atom. The Balaban J connectivity index is 2.08. The maximum absolute atomic E-state index is 4.59. The Kier molecular flexibility index (Phi) is 3.04. The average Bonchev–Trinajstić information content (AvgIpc) is 2.79. The number of benzene rings is 1. The fraction of sp³-hybridized carbons (Fsp3) is 0.438. The summed E-state index contributed by atoms with van der Waals surface area (Å²) in [6, 6.07) is 11.9. The maximum Gasteiger partial charge on any atom is 0.0737 e. The van der Waals surface area contributed by atoms with Crippen molar-refractivity contribution in [2.75, 3.05) is 0 Å². The van der Waals surface area contributed by atoms with Crippen LogP contribution in [0.5, 0.6) is 0 Å². The summed E-state index contributed by atoms with van der Waals surface area (Å²) in [7, 11) is 0. The van der Waals surface area contributed by atoms with E-state index in [2.05, 4.69) is 48.4 Å². The van der Waals surface area contributed by atoms with Crippen molar-refractivity contribution < 1.29 is 0 Å². The second-order valence-electron chi connectivity index (χ2n) is 5.35. The SMILES string of the molecule is CCC1NC(C)CC1c1cccc2cccnc12. The Morgan fingerprint density at radius 1 is 1.28 bits per heavy atom. The summed E-state index contributed by atoms with van der Waals surface area (Å²) in [5.41, 5.74) is 2.59. The highest BCUT2D eigenvalue weighted by Crippen LogP contribution is 2.35. The first-order chi connectivity index (χ1) is 8.79. The molecule has 2 aromatic rings. The van der Waals surface area contributed by atoms with E-state index < -0.39 is 0 Å². The molecule has 1 fully saturated rings. The molecule has 1 saturated heterocycles. The molecule has 1 aliphatic heterocycles. The van der Waals surface area contributed by atoms with Crippen molar-refractivity contribution in [3.05, 3.63) is 42.1 Å². The third-order valence-electron chi connectivity index (χ3n) is 4.10. The summed E-state index contributed by atoms with van der Waals surface area (Å²) < 4.78 is 0. The minimum Gasteiger partial charge on any atom is -0.311 e. The van der Waals surface area contributed by atoms with Gasteiger partial charge >= 0.3 is 0 Å². The number of para-hydroxylation sites is 1. The molecule has 3 unspecified atom stereocenters. The molecule has 0 saturated carbocycles. The number of pyridine rings is 1. The van der Waals surface area contributed by atoms with Crippen molar-refractivity contribution in [1.29, 1.82) is 0 Å². The number of hydrogen-bond acceptors (Lipinski definition) is 2. The third-order valence-corrected chi connectivity index (χ3v) is 4.10. The Labute approximate surface area is 108 Å². The van der Waals surface area contributed by atoms with Gasteiger partial charge in [0.05, 0.1) is 5.52 Å². The van der Waals surface area contributed by atoms with Crippen LogP contribution < -0.4 is 5.32 Å². The zero-order valence-electron chi connectivity index (χ0n) is 11.1. The second kappa shape index (κ2) is 4.69. The van der Waals surface area contributed by atoms with Crippen LogP contribution in [0.2, 0.25) is 0 Å². The van der Waals surface area contributed by atoms with E-state index in [1.54, 1.807) is 0 Å². The van der Waals surface area contributed by atoms with Crippen LogP contribution in [-0.2, 0) is 0 Å². The first-order valence-electron chi connectivity index (χ1n) is 6.89. The molecule has 3 rings (SSSR count). The molecule has 0 spiro atoms. The van der Waals surface area contributed by atoms with Crippen LogP contribution >= 0.6 is 0 Å². The minimum absolute atomic E-state index is 0.590. The average molecular weight is 240 g/mol. The zero-order valence-corrected chi connectivity index (χ0v) is 11.1. The molecule has 94 valence electrons. The van der Waals surface area contributed by atoms with Gasteiger partial charge in [0, 0.05) is 29.6 Å². The van der Waals surface area contributed by atoms with E-state index in [4.69, 9.17) is 0 Å². The predicted molar refractivity (Wildman–Crippen MR) is 75.8 cm³/mol. The van der Waals surface area contributed by atoms with Crippen LogP contribution in [0.4, 0.5) is 0 Å². The van der Waals surface area contributed by atoms with E-state index in [1.807, 2.05) is 12.3 Å². The largest absolute Gasteiger partial charge is 0.311 e. The normalized spacial score (nSPS) is 27.8. The standard InChI is InChI=1S/C16H20N2/c1-3-15-14(10-11(2)18-15)13-8-4-6-12-7-5-9-17-16(12)13/h4-9,11,14-15,18H,3,10H2,1-2H3. The number of rotatable bonds is 2. The van der Waals surface area contributed by atoms with Crippen LogP contribution in [0.15, 0.2) is 36.5 Å². The van der Waals surface area contributed by atoms with Gasteiger partial charge in [-0.2, -0.15) is 0 Å². The van der Waals surface area contributed by atoms with Crippen molar-refractivity contribution in [3.8, 4) is 0 Å². The van der Waals surface area contributed by atoms with Gasteiger partial charge in [-0.1, -0.05) is 31.2 Å². The summed E-state index contributed by atoms with van der Waals surface area (Å²) in [4.78, 5) is 4.59. The number of nitrogens with zero attached hydrogens (tertiary/aromatic N) is 1. The van der Waals surface area contributed by atoms with Crippen molar-refractivity contribution in [1.82, 2.24) is 10.3 Å². The molecule has 2 heteroatoms. The number of fused-ring (bicyclic) bond motifs is 1. The van der Waals surface area contributed by atoms with E-state index in [9.17, 15) is 0 Å². The van der Waals surface area contributed by atoms with Crippen molar-refractivity contribution in [3.63, 3.8) is 0 Å². The molecule has 0 aliphatic carbocycles. The van der Waals surface area contributed by atoms with Crippen molar-refractivity contribution in [2.24, 2.45) is 0 Å². The molecule has 0 bridgehead atoms. The highest BCUT2D eigenvalue weighted by molar-refractivity contribution is 5.82. The molecular formula is C16H20N2. The first-order valence-corrected chi connectivity index (χ1v) is 6.89. The lowest BCUT2D eigenvalue weighted by molar-refractivity contribution is 0.518. The van der Waals surface area contributed by atoms with Gasteiger partial charge in [-0.15, -0.1) is 0 Å². The topological polar surface area (TPSA) is 24.9 Å². The van der Waals surface area contributed by atoms with E-state index in [1.165, 1.54) is 29.3 Å². The van der Waals surface area contributed by atoms with Gasteiger partial charge in [-0.25, -0.2) is 0 Å². The maximum atomic E-state index is 4.59. The fourth-order valence-electron chi connectivity index (χ4n) is 3.27. The zero-order chi connectivity index (χ0) is 12.5. The number of hydrogen-bond donors (Lipinski definition) is 1. The van der Waals surface area contributed by atoms with Crippen LogP contribution in [0.1, 0.15) is 38.2 Å². The summed E-state index contributed by atoms with van der Waals surface area (Å²) in [5, 5.41) is 4.94. The Bertz CT molecular complexity index is 544. The number of nitrogens with one attached hydrogen (secondary N) is 1. The molecule has 1 aliphatic rings. The lowest BCUT2D eigenvalue weighted by Crippen LogP contribution is -2.28. The van der Waals surface area contributed by atoms with Crippen LogP contribution in [0.25, 0.3) is 10.9 Å². The first kappa shape index (κ1) is 11.7. The van der Waals surface area contributed by atoms with Crippen LogP contribution in [0.3, 0.4) is 0 Å². The van der Waals surface area contributed by atoms with Gasteiger partial charge in [0.2, 0.25) is 0 Å². The van der Waals surface area contributed by atoms with E-state index in [-0.39, 0.29) is 0 Å². The monoisotopic (exact) mass is 240 g/mol. The smallest absolute Gasteiger partial charge is 0.0737 e. The van der Waals surface area contributed by atoms with Crippen LogP contribution in [-0.4, -0.2) is 17.1 Å². The van der Waals surface area contributed by atoms with Crippen LogP contribution in [0, 0.1) is 0 Å². The lowest BCUT2D eigenvalue weighted by Gasteiger charge is -2.19. The molecule has 18 heavy (non-hydrogen) atoms. The molecular weight excluding hydrogens is 220 g/mol. The van der Waals surface area contributed by atoms with E-state index in [0.29, 0.717) is 18.0 Å². The predicted octanol–water partition coefficient (Wildman–Crippen LogP) is 3.48. The van der Waals surface area contributed by atoms with Gasteiger partial charge in [0.1, 0.15) is 0 Å². The van der Waals surface area contributed by atoms with E-state index in [0.717, 1.165) is 0 Å². The highest BCUT2D eigenvalue weighted by Gasteiger charge is 2.32. The Hall–Kier alpha value is -1.41. The van der Waals surface area contributed by atoms with Gasteiger partial charge < -0.3 is 5.32 Å². The second-order valence-corrected chi connectivity index (χ2v) is 5.35. The third kappa shape index (κ3) is 1.91. The minimum atomic E-state index is 0.590. The molecule has 0 radical (unpaired) electrons. The van der Waals surface area contributed by atoms with Crippen molar-refractivity contribution in [2.45, 2.75) is 44.7 Å². The van der Waals surface area contributed by atoms with Gasteiger partial charge in [0.15, 0.2) is 0 Å². The highest BCUT2D eigenvalue weighted by atomic mass is 15.0. The summed E-state index contributed by atoms with van der Waals surface area (Å²) in [6.07, 6.45) is 4.30. The molecule has 1 N–H and O–H groups in total. The fourth-order valence-corrected chi connectivity index (χ4v) is 3.27.